The lowest BCUT2D eigenvalue weighted by Gasteiger charge is -2.48. The molecule has 3 amide bonds. The zero-order chi connectivity index (χ0) is 21.2. The van der Waals surface area contributed by atoms with E-state index in [-0.39, 0.29) is 37.1 Å². The quantitative estimate of drug-likeness (QED) is 0.513. The summed E-state index contributed by atoms with van der Waals surface area (Å²) in [4.78, 5) is 55.7. The second-order valence-electron chi connectivity index (χ2n) is 6.91. The number of benzene rings is 1. The first-order valence-corrected chi connectivity index (χ1v) is 9.72. The van der Waals surface area contributed by atoms with Crippen LogP contribution < -0.4 is 4.90 Å². The summed E-state index contributed by atoms with van der Waals surface area (Å²) >= 11 is 0. The van der Waals surface area contributed by atoms with Crippen LogP contribution in [0.2, 0.25) is 0 Å². The van der Waals surface area contributed by atoms with Gasteiger partial charge in [-0.1, -0.05) is 18.2 Å². The van der Waals surface area contributed by atoms with Crippen molar-refractivity contribution in [1.82, 2.24) is 9.80 Å². The van der Waals surface area contributed by atoms with Crippen molar-refractivity contribution >= 4 is 29.4 Å². The highest BCUT2D eigenvalue weighted by Gasteiger charge is 2.61. The summed E-state index contributed by atoms with van der Waals surface area (Å²) in [5.74, 6) is -1.76. The van der Waals surface area contributed by atoms with Gasteiger partial charge in [-0.15, -0.1) is 6.58 Å². The van der Waals surface area contributed by atoms with E-state index in [1.165, 1.54) is 15.9 Å². The van der Waals surface area contributed by atoms with E-state index in [9.17, 15) is 19.2 Å². The van der Waals surface area contributed by atoms with Gasteiger partial charge in [0.25, 0.3) is 11.8 Å². The zero-order valence-electron chi connectivity index (χ0n) is 16.7. The molecule has 2 aliphatic rings. The van der Waals surface area contributed by atoms with Gasteiger partial charge < -0.3 is 14.5 Å². The highest BCUT2D eigenvalue weighted by atomic mass is 16.5. The molecular formula is C21H25N3O5. The minimum Gasteiger partial charge on any atom is -0.452 e. The van der Waals surface area contributed by atoms with Crippen molar-refractivity contribution in [3.05, 3.63) is 42.5 Å². The van der Waals surface area contributed by atoms with Crippen molar-refractivity contribution in [1.29, 1.82) is 0 Å². The largest absolute Gasteiger partial charge is 0.452 e. The third-order valence-corrected chi connectivity index (χ3v) is 5.46. The molecule has 0 saturated carbocycles. The molecule has 0 aliphatic carbocycles. The van der Waals surface area contributed by atoms with Gasteiger partial charge in [0.05, 0.1) is 11.3 Å². The van der Waals surface area contributed by atoms with E-state index < -0.39 is 18.2 Å². The SMILES string of the molecule is C=CCN1C(=O)c2ccccc2N2C(=O)CC[C@]12C(=O)OCC(=O)N(CC)CC. The minimum absolute atomic E-state index is 0.0655. The highest BCUT2D eigenvalue weighted by molar-refractivity contribution is 6.15. The van der Waals surface area contributed by atoms with E-state index in [0.717, 1.165) is 0 Å². The number of anilines is 1. The minimum atomic E-state index is -1.61. The number of fused-ring (bicyclic) bond motifs is 3. The summed E-state index contributed by atoms with van der Waals surface area (Å²) in [6.45, 7) is 7.97. The Morgan fingerprint density at radius 1 is 1.24 bits per heavy atom. The molecule has 1 saturated heterocycles. The predicted molar refractivity (Wildman–Crippen MR) is 106 cm³/mol. The summed E-state index contributed by atoms with van der Waals surface area (Å²) in [5.41, 5.74) is -0.889. The fourth-order valence-corrected chi connectivity index (χ4v) is 4.04. The molecule has 8 heteroatoms. The van der Waals surface area contributed by atoms with Crippen LogP contribution >= 0.6 is 0 Å². The number of ether oxygens (including phenoxy) is 1. The maximum absolute atomic E-state index is 13.3. The molecule has 0 radical (unpaired) electrons. The lowest BCUT2D eigenvalue weighted by Crippen LogP contribution is -2.68. The van der Waals surface area contributed by atoms with E-state index in [1.54, 1.807) is 29.2 Å². The van der Waals surface area contributed by atoms with Crippen molar-refractivity contribution in [2.45, 2.75) is 32.4 Å². The fourth-order valence-electron chi connectivity index (χ4n) is 4.04. The molecule has 0 spiro atoms. The molecule has 1 fully saturated rings. The maximum atomic E-state index is 13.3. The van der Waals surface area contributed by atoms with Crippen LogP contribution in [0.1, 0.15) is 37.0 Å². The molecule has 3 rings (SSSR count). The van der Waals surface area contributed by atoms with Gasteiger partial charge in [-0.05, 0) is 26.0 Å². The lowest BCUT2D eigenvalue weighted by atomic mass is 9.96. The van der Waals surface area contributed by atoms with Crippen LogP contribution in [-0.2, 0) is 19.1 Å². The predicted octanol–water partition coefficient (Wildman–Crippen LogP) is 1.56. The first-order valence-electron chi connectivity index (χ1n) is 9.72. The molecule has 1 atom stereocenters. The Balaban J connectivity index is 2.00. The van der Waals surface area contributed by atoms with Gasteiger partial charge in [0.2, 0.25) is 11.6 Å². The molecule has 2 aliphatic heterocycles. The normalized spacial score (nSPS) is 20.2. The van der Waals surface area contributed by atoms with Crippen molar-refractivity contribution in [3.63, 3.8) is 0 Å². The summed E-state index contributed by atoms with van der Waals surface area (Å²) in [6, 6.07) is 6.68. The van der Waals surface area contributed by atoms with Gasteiger partial charge in [0.15, 0.2) is 6.61 Å². The van der Waals surface area contributed by atoms with Crippen LogP contribution in [0.4, 0.5) is 5.69 Å². The average molecular weight is 399 g/mol. The number of para-hydroxylation sites is 1. The summed E-state index contributed by atoms with van der Waals surface area (Å²) in [5, 5.41) is 0. The monoisotopic (exact) mass is 399 g/mol. The van der Waals surface area contributed by atoms with E-state index >= 15 is 0 Å². The number of nitrogens with zero attached hydrogens (tertiary/aromatic N) is 3. The fraction of sp³-hybridized carbons (Fsp3) is 0.429. The van der Waals surface area contributed by atoms with Gasteiger partial charge in [-0.3, -0.25) is 19.3 Å². The first kappa shape index (κ1) is 20.6. The van der Waals surface area contributed by atoms with Crippen LogP contribution in [0.15, 0.2) is 36.9 Å². The Bertz CT molecular complexity index is 864. The van der Waals surface area contributed by atoms with Crippen molar-refractivity contribution in [2.75, 3.05) is 31.1 Å². The summed E-state index contributed by atoms with van der Waals surface area (Å²) in [7, 11) is 0. The number of hydrogen-bond acceptors (Lipinski definition) is 5. The molecule has 29 heavy (non-hydrogen) atoms. The lowest BCUT2D eigenvalue weighted by molar-refractivity contribution is -0.161. The summed E-state index contributed by atoms with van der Waals surface area (Å²) < 4.78 is 5.37. The number of esters is 1. The molecular weight excluding hydrogens is 374 g/mol. The van der Waals surface area contributed by atoms with Gasteiger partial charge in [0.1, 0.15) is 0 Å². The second kappa shape index (κ2) is 8.06. The van der Waals surface area contributed by atoms with Crippen LogP contribution in [0.5, 0.6) is 0 Å². The van der Waals surface area contributed by atoms with Crippen LogP contribution in [0.3, 0.4) is 0 Å². The highest BCUT2D eigenvalue weighted by Crippen LogP contribution is 2.45. The Labute approximate surface area is 169 Å². The van der Waals surface area contributed by atoms with E-state index in [4.69, 9.17) is 4.74 Å². The molecule has 1 aromatic carbocycles. The van der Waals surface area contributed by atoms with Gasteiger partial charge in [0, 0.05) is 32.5 Å². The Morgan fingerprint density at radius 2 is 1.93 bits per heavy atom. The van der Waals surface area contributed by atoms with Crippen molar-refractivity contribution in [2.24, 2.45) is 0 Å². The third-order valence-electron chi connectivity index (χ3n) is 5.46. The van der Waals surface area contributed by atoms with Crippen LogP contribution in [-0.4, -0.2) is 65.4 Å². The molecule has 8 nitrogen and oxygen atoms in total. The molecule has 154 valence electrons. The molecule has 1 aromatic rings. The van der Waals surface area contributed by atoms with E-state index in [1.807, 2.05) is 13.8 Å². The number of likely N-dealkylation sites (N-methyl/N-ethyl adjacent to an activating group) is 1. The van der Waals surface area contributed by atoms with Gasteiger partial charge in [-0.25, -0.2) is 4.79 Å². The van der Waals surface area contributed by atoms with Crippen molar-refractivity contribution in [3.8, 4) is 0 Å². The van der Waals surface area contributed by atoms with Crippen LogP contribution in [0, 0.1) is 0 Å². The number of carbonyl (C=O) groups is 4. The Morgan fingerprint density at radius 3 is 2.59 bits per heavy atom. The first-order chi connectivity index (χ1) is 13.9. The van der Waals surface area contributed by atoms with E-state index in [2.05, 4.69) is 6.58 Å². The van der Waals surface area contributed by atoms with Crippen molar-refractivity contribution < 1.29 is 23.9 Å². The standard InChI is InChI=1S/C21H25N3O5/c1-4-13-23-19(27)15-9-7-8-10-16(15)24-17(25)11-12-21(23,24)20(28)29-14-18(26)22(5-2)6-3/h4,7-10H,1,5-6,11-14H2,2-3H3/t21-/m0/s1. The molecule has 0 aromatic heterocycles. The Hall–Kier alpha value is -3.16. The van der Waals surface area contributed by atoms with Gasteiger partial charge in [-0.2, -0.15) is 0 Å². The Kier molecular flexibility index (Phi) is 5.72. The van der Waals surface area contributed by atoms with E-state index in [0.29, 0.717) is 24.3 Å². The third kappa shape index (κ3) is 3.18. The van der Waals surface area contributed by atoms with Crippen LogP contribution in [0.25, 0.3) is 0 Å². The average Bonchev–Trinajstić information content (AvgIpc) is 3.08. The maximum Gasteiger partial charge on any atom is 0.354 e. The molecule has 2 heterocycles. The number of amides is 3. The second-order valence-corrected chi connectivity index (χ2v) is 6.91. The number of rotatable bonds is 7. The number of carbonyl (C=O) groups excluding carboxylic acids is 4. The van der Waals surface area contributed by atoms with Gasteiger partial charge >= 0.3 is 5.97 Å². The topological polar surface area (TPSA) is 87.2 Å². The molecule has 0 unspecified atom stereocenters. The number of hydrogen-bond donors (Lipinski definition) is 0. The summed E-state index contributed by atoms with van der Waals surface area (Å²) in [6.07, 6.45) is 1.69. The molecule has 0 N–H and O–H groups in total. The molecule has 0 bridgehead atoms. The smallest absolute Gasteiger partial charge is 0.354 e. The zero-order valence-corrected chi connectivity index (χ0v) is 16.7.